The maximum atomic E-state index is 10.6. The fourth-order valence-electron chi connectivity index (χ4n) is 3.91. The Hall–Kier alpha value is -0.130. The van der Waals surface area contributed by atoms with Crippen LogP contribution < -0.4 is 0 Å². The van der Waals surface area contributed by atoms with Crippen LogP contribution in [0.1, 0.15) is 142 Å². The van der Waals surface area contributed by atoms with Gasteiger partial charge in [0.2, 0.25) is 0 Å². The molecule has 0 bridgehead atoms. The molecule has 1 atom stereocenters. The first-order chi connectivity index (χ1) is 14.0. The van der Waals surface area contributed by atoms with Crippen LogP contribution in [0.5, 0.6) is 0 Å². The average Bonchev–Trinajstić information content (AvgIpc) is 2.66. The molecular formula is C24H50O4S. The Morgan fingerprint density at radius 3 is 1.21 bits per heavy atom. The summed E-state index contributed by atoms with van der Waals surface area (Å²) in [6.45, 7) is 2.27. The molecule has 176 valence electrons. The van der Waals surface area contributed by atoms with E-state index >= 15 is 0 Å². The summed E-state index contributed by atoms with van der Waals surface area (Å²) in [5.74, 6) is -0.130. The number of aliphatic hydroxyl groups is 1. The van der Waals surface area contributed by atoms with Gasteiger partial charge in [-0.1, -0.05) is 122 Å². The van der Waals surface area contributed by atoms with Gasteiger partial charge in [-0.2, -0.15) is 8.42 Å². The second-order valence-electron chi connectivity index (χ2n) is 8.88. The maximum absolute atomic E-state index is 10.6. The summed E-state index contributed by atoms with van der Waals surface area (Å²) < 4.78 is 29.9. The van der Waals surface area contributed by atoms with Gasteiger partial charge in [0, 0.05) is 0 Å². The summed E-state index contributed by atoms with van der Waals surface area (Å²) in [6.07, 6.45) is 25.0. The zero-order chi connectivity index (χ0) is 21.6. The van der Waals surface area contributed by atoms with E-state index in [1.165, 1.54) is 83.5 Å². The van der Waals surface area contributed by atoms with E-state index in [2.05, 4.69) is 6.92 Å². The third-order valence-electron chi connectivity index (χ3n) is 5.83. The van der Waals surface area contributed by atoms with Crippen molar-refractivity contribution in [3.8, 4) is 0 Å². The van der Waals surface area contributed by atoms with Crippen molar-refractivity contribution >= 4 is 10.1 Å². The third kappa shape index (κ3) is 25.8. The highest BCUT2D eigenvalue weighted by Crippen LogP contribution is 2.15. The first kappa shape index (κ1) is 28.9. The Labute approximate surface area is 182 Å². The Morgan fingerprint density at radius 2 is 0.862 bits per heavy atom. The van der Waals surface area contributed by atoms with E-state index in [4.69, 9.17) is 4.55 Å². The Bertz CT molecular complexity index is 423. The van der Waals surface area contributed by atoms with Crippen molar-refractivity contribution in [3.63, 3.8) is 0 Å². The van der Waals surface area contributed by atoms with Crippen LogP contribution in [-0.2, 0) is 10.1 Å². The van der Waals surface area contributed by atoms with Crippen molar-refractivity contribution < 1.29 is 18.1 Å². The van der Waals surface area contributed by atoms with Crippen LogP contribution in [0.25, 0.3) is 0 Å². The molecule has 0 aliphatic rings. The molecule has 0 aromatic carbocycles. The van der Waals surface area contributed by atoms with Gasteiger partial charge in [0.1, 0.15) is 0 Å². The molecule has 5 heteroatoms. The molecule has 0 aliphatic carbocycles. The van der Waals surface area contributed by atoms with Crippen LogP contribution in [0.2, 0.25) is 0 Å². The summed E-state index contributed by atoms with van der Waals surface area (Å²) in [7, 11) is -3.80. The fraction of sp³-hybridized carbons (Fsp3) is 1.00. The minimum absolute atomic E-state index is 0.130. The Kier molecular flexibility index (Phi) is 21.0. The lowest BCUT2D eigenvalue weighted by atomic mass is 10.0. The van der Waals surface area contributed by atoms with E-state index in [-0.39, 0.29) is 11.9 Å². The number of hydrogen-bond donors (Lipinski definition) is 2. The smallest absolute Gasteiger partial charge is 0.264 e. The van der Waals surface area contributed by atoms with Crippen LogP contribution in [0.4, 0.5) is 0 Å². The second-order valence-corrected chi connectivity index (χ2v) is 10.5. The minimum Gasteiger partial charge on any atom is -0.393 e. The molecule has 1 unspecified atom stereocenters. The molecule has 2 N–H and O–H groups in total. The van der Waals surface area contributed by atoms with Gasteiger partial charge in [0.15, 0.2) is 0 Å². The molecule has 0 aromatic rings. The topological polar surface area (TPSA) is 74.6 Å². The summed E-state index contributed by atoms with van der Waals surface area (Å²) in [6, 6.07) is 0. The maximum Gasteiger partial charge on any atom is 0.264 e. The fourth-order valence-corrected chi connectivity index (χ4v) is 4.48. The first-order valence-electron chi connectivity index (χ1n) is 12.6. The van der Waals surface area contributed by atoms with E-state index in [1.807, 2.05) is 0 Å². The summed E-state index contributed by atoms with van der Waals surface area (Å²) in [5.41, 5.74) is 0. The van der Waals surface area contributed by atoms with Crippen LogP contribution in [0.3, 0.4) is 0 Å². The van der Waals surface area contributed by atoms with E-state index in [0.717, 1.165) is 44.9 Å². The van der Waals surface area contributed by atoms with E-state index in [1.54, 1.807) is 0 Å². The molecular weight excluding hydrogens is 384 g/mol. The standard InChI is InChI=1S/C24H50O4S/c1-2-3-4-5-6-7-8-9-10-11-12-13-15-18-21-24(25)22-19-16-14-17-20-23-29(26,27)28/h24-25H,2-23H2,1H3,(H,26,27,28). The van der Waals surface area contributed by atoms with E-state index < -0.39 is 10.1 Å². The molecule has 4 nitrogen and oxygen atoms in total. The van der Waals surface area contributed by atoms with Crippen molar-refractivity contribution in [2.24, 2.45) is 0 Å². The average molecular weight is 435 g/mol. The van der Waals surface area contributed by atoms with Gasteiger partial charge in [-0.3, -0.25) is 4.55 Å². The van der Waals surface area contributed by atoms with Gasteiger partial charge >= 0.3 is 0 Å². The zero-order valence-electron chi connectivity index (χ0n) is 19.3. The van der Waals surface area contributed by atoms with Crippen LogP contribution in [-0.4, -0.2) is 29.9 Å². The zero-order valence-corrected chi connectivity index (χ0v) is 20.1. The van der Waals surface area contributed by atoms with Gasteiger partial charge in [0.05, 0.1) is 11.9 Å². The lowest BCUT2D eigenvalue weighted by Crippen LogP contribution is -2.06. The summed E-state index contributed by atoms with van der Waals surface area (Å²) in [4.78, 5) is 0. The lowest BCUT2D eigenvalue weighted by molar-refractivity contribution is 0.147. The summed E-state index contributed by atoms with van der Waals surface area (Å²) >= 11 is 0. The van der Waals surface area contributed by atoms with Crippen LogP contribution >= 0.6 is 0 Å². The van der Waals surface area contributed by atoms with Crippen molar-refractivity contribution in [1.82, 2.24) is 0 Å². The second kappa shape index (κ2) is 21.1. The number of rotatable bonds is 23. The third-order valence-corrected chi connectivity index (χ3v) is 6.64. The highest BCUT2D eigenvalue weighted by Gasteiger charge is 2.05. The van der Waals surface area contributed by atoms with Crippen molar-refractivity contribution in [3.05, 3.63) is 0 Å². The predicted molar refractivity (Wildman–Crippen MR) is 125 cm³/mol. The van der Waals surface area contributed by atoms with Gasteiger partial charge in [0.25, 0.3) is 10.1 Å². The number of aliphatic hydroxyl groups excluding tert-OH is 1. The molecule has 0 aliphatic heterocycles. The van der Waals surface area contributed by atoms with Crippen molar-refractivity contribution in [2.45, 2.75) is 148 Å². The normalized spacial score (nSPS) is 13.1. The van der Waals surface area contributed by atoms with Gasteiger partial charge in [-0.25, -0.2) is 0 Å². The largest absolute Gasteiger partial charge is 0.393 e. The molecule has 0 fully saturated rings. The van der Waals surface area contributed by atoms with E-state index in [0.29, 0.717) is 6.42 Å². The summed E-state index contributed by atoms with van der Waals surface area (Å²) in [5, 5.41) is 10.0. The highest BCUT2D eigenvalue weighted by molar-refractivity contribution is 7.85. The van der Waals surface area contributed by atoms with Crippen molar-refractivity contribution in [1.29, 1.82) is 0 Å². The minimum atomic E-state index is -3.80. The Morgan fingerprint density at radius 1 is 0.552 bits per heavy atom. The van der Waals surface area contributed by atoms with E-state index in [9.17, 15) is 13.5 Å². The van der Waals surface area contributed by atoms with Crippen LogP contribution in [0, 0.1) is 0 Å². The molecule has 0 saturated carbocycles. The van der Waals surface area contributed by atoms with Gasteiger partial charge < -0.3 is 5.11 Å². The lowest BCUT2D eigenvalue weighted by Gasteiger charge is -2.10. The van der Waals surface area contributed by atoms with Gasteiger partial charge in [-0.05, 0) is 19.3 Å². The molecule has 0 rings (SSSR count). The monoisotopic (exact) mass is 434 g/mol. The number of unbranched alkanes of at least 4 members (excludes halogenated alkanes) is 17. The molecule has 0 radical (unpaired) electrons. The van der Waals surface area contributed by atoms with Gasteiger partial charge in [-0.15, -0.1) is 0 Å². The van der Waals surface area contributed by atoms with Crippen molar-refractivity contribution in [2.75, 3.05) is 5.75 Å². The Balaban J connectivity index is 3.19. The molecule has 0 aromatic heterocycles. The van der Waals surface area contributed by atoms with Crippen LogP contribution in [0.15, 0.2) is 0 Å². The predicted octanol–water partition coefficient (Wildman–Crippen LogP) is 7.45. The quantitative estimate of drug-likeness (QED) is 0.129. The molecule has 0 saturated heterocycles. The molecule has 29 heavy (non-hydrogen) atoms. The molecule has 0 spiro atoms. The molecule has 0 heterocycles. The molecule has 0 amide bonds. The highest BCUT2D eigenvalue weighted by atomic mass is 32.2. The SMILES string of the molecule is CCCCCCCCCCCCCCCCC(O)CCCCCCCS(=O)(=O)O. The number of hydrogen-bond acceptors (Lipinski definition) is 3. The first-order valence-corrected chi connectivity index (χ1v) is 14.2.